The van der Waals surface area contributed by atoms with Crippen molar-refractivity contribution in [2.24, 2.45) is 0 Å². The highest BCUT2D eigenvalue weighted by molar-refractivity contribution is 6.23. The van der Waals surface area contributed by atoms with Crippen molar-refractivity contribution in [3.63, 3.8) is 0 Å². The fourth-order valence-corrected chi connectivity index (χ4v) is 2.53. The number of nitrogens with zero attached hydrogens (tertiary/aromatic N) is 1. The number of hydrogen-bond acceptors (Lipinski definition) is 4. The molecule has 1 aromatic rings. The zero-order chi connectivity index (χ0) is 13.6. The van der Waals surface area contributed by atoms with E-state index in [0.29, 0.717) is 13.0 Å². The van der Waals surface area contributed by atoms with E-state index in [-0.39, 0.29) is 22.8 Å². The molecule has 0 radical (unpaired) electrons. The minimum absolute atomic E-state index is 0.0742. The number of phenolic OH excluding ortho intramolecular Hbond substituents is 1. The van der Waals surface area contributed by atoms with Crippen LogP contribution in [0.5, 0.6) is 5.75 Å². The first-order chi connectivity index (χ1) is 9.09. The summed E-state index contributed by atoms with van der Waals surface area (Å²) >= 11 is 0. The van der Waals surface area contributed by atoms with Crippen LogP contribution < -0.4 is 5.32 Å². The van der Waals surface area contributed by atoms with E-state index in [4.69, 9.17) is 0 Å². The molecule has 3 rings (SSSR count). The van der Waals surface area contributed by atoms with Crippen LogP contribution >= 0.6 is 0 Å². The number of benzene rings is 1. The molecule has 1 saturated heterocycles. The van der Waals surface area contributed by atoms with Crippen LogP contribution in [0.25, 0.3) is 0 Å². The highest BCUT2D eigenvalue weighted by Gasteiger charge is 2.43. The number of hydrogen-bond donors (Lipinski definition) is 2. The molecule has 2 aliphatic rings. The Bertz CT molecular complexity index is 596. The summed E-state index contributed by atoms with van der Waals surface area (Å²) in [5, 5.41) is 12.0. The van der Waals surface area contributed by atoms with Crippen molar-refractivity contribution in [1.82, 2.24) is 10.2 Å². The number of carbonyl (C=O) groups is 3. The molecular weight excluding hydrogens is 248 g/mol. The summed E-state index contributed by atoms with van der Waals surface area (Å²) in [6.07, 6.45) is 1.21. The third kappa shape index (κ3) is 1.68. The van der Waals surface area contributed by atoms with Gasteiger partial charge < -0.3 is 10.4 Å². The van der Waals surface area contributed by atoms with Crippen LogP contribution in [0.2, 0.25) is 0 Å². The Balaban J connectivity index is 2.00. The van der Waals surface area contributed by atoms with Crippen LogP contribution in [-0.2, 0) is 4.79 Å². The van der Waals surface area contributed by atoms with E-state index < -0.39 is 17.9 Å². The number of amides is 3. The smallest absolute Gasteiger partial charge is 0.262 e. The molecule has 6 heteroatoms. The summed E-state index contributed by atoms with van der Waals surface area (Å²) in [6, 6.07) is 3.28. The number of carbonyl (C=O) groups excluding carboxylic acids is 3. The van der Waals surface area contributed by atoms with Gasteiger partial charge in [-0.3, -0.25) is 19.3 Å². The van der Waals surface area contributed by atoms with Crippen LogP contribution in [0.15, 0.2) is 18.2 Å². The molecule has 3 amide bonds. The maximum absolute atomic E-state index is 12.2. The molecule has 1 unspecified atom stereocenters. The van der Waals surface area contributed by atoms with Crippen molar-refractivity contribution in [1.29, 1.82) is 0 Å². The zero-order valence-electron chi connectivity index (χ0n) is 10.0. The van der Waals surface area contributed by atoms with Gasteiger partial charge in [0.1, 0.15) is 11.8 Å². The highest BCUT2D eigenvalue weighted by Crippen LogP contribution is 2.29. The first-order valence-corrected chi connectivity index (χ1v) is 6.08. The maximum atomic E-state index is 12.2. The number of imide groups is 1. The Morgan fingerprint density at radius 3 is 2.63 bits per heavy atom. The van der Waals surface area contributed by atoms with Gasteiger partial charge in [-0.05, 0) is 31.0 Å². The molecule has 2 heterocycles. The molecule has 1 atom stereocenters. The number of phenols is 1. The maximum Gasteiger partial charge on any atom is 0.262 e. The molecule has 6 nitrogen and oxygen atoms in total. The fraction of sp³-hybridized carbons (Fsp3) is 0.308. The Morgan fingerprint density at radius 2 is 1.89 bits per heavy atom. The summed E-state index contributed by atoms with van der Waals surface area (Å²) in [5.41, 5.74) is 0.393. The molecule has 0 aliphatic carbocycles. The lowest BCUT2D eigenvalue weighted by molar-refractivity contribution is -0.126. The minimum Gasteiger partial charge on any atom is -0.508 e. The number of fused-ring (bicyclic) bond motifs is 1. The molecule has 0 saturated carbocycles. The summed E-state index contributed by atoms with van der Waals surface area (Å²) in [4.78, 5) is 37.2. The van der Waals surface area contributed by atoms with Gasteiger partial charge in [0, 0.05) is 6.54 Å². The van der Waals surface area contributed by atoms with Gasteiger partial charge in [0.25, 0.3) is 11.8 Å². The average Bonchev–Trinajstić information content (AvgIpc) is 2.63. The molecule has 0 aromatic heterocycles. The summed E-state index contributed by atoms with van der Waals surface area (Å²) < 4.78 is 0. The Morgan fingerprint density at radius 1 is 1.16 bits per heavy atom. The first kappa shape index (κ1) is 11.7. The van der Waals surface area contributed by atoms with Gasteiger partial charge in [-0.15, -0.1) is 0 Å². The Labute approximate surface area is 109 Å². The minimum atomic E-state index is -0.747. The van der Waals surface area contributed by atoms with Gasteiger partial charge in [0.2, 0.25) is 5.91 Å². The van der Waals surface area contributed by atoms with Crippen molar-refractivity contribution in [2.75, 3.05) is 6.54 Å². The topological polar surface area (TPSA) is 86.7 Å². The molecule has 1 aromatic carbocycles. The predicted molar refractivity (Wildman–Crippen MR) is 64.6 cm³/mol. The van der Waals surface area contributed by atoms with Crippen LogP contribution in [0.3, 0.4) is 0 Å². The van der Waals surface area contributed by atoms with Gasteiger partial charge in [-0.2, -0.15) is 0 Å². The summed E-state index contributed by atoms with van der Waals surface area (Å²) in [5.74, 6) is -1.36. The molecule has 0 bridgehead atoms. The predicted octanol–water partition coefficient (Wildman–Crippen LogP) is 0.267. The quantitative estimate of drug-likeness (QED) is 0.709. The van der Waals surface area contributed by atoms with E-state index in [1.165, 1.54) is 18.2 Å². The zero-order valence-corrected chi connectivity index (χ0v) is 10.0. The Kier molecular flexibility index (Phi) is 2.51. The molecular formula is C13H12N2O4. The van der Waals surface area contributed by atoms with Crippen LogP contribution in [0.4, 0.5) is 0 Å². The molecule has 0 spiro atoms. The second kappa shape index (κ2) is 4.08. The molecule has 98 valence electrons. The number of rotatable bonds is 1. The van der Waals surface area contributed by atoms with Crippen molar-refractivity contribution < 1.29 is 19.5 Å². The van der Waals surface area contributed by atoms with E-state index >= 15 is 0 Å². The van der Waals surface area contributed by atoms with E-state index in [2.05, 4.69) is 5.32 Å². The van der Waals surface area contributed by atoms with Crippen molar-refractivity contribution >= 4 is 17.7 Å². The number of aromatic hydroxyl groups is 1. The Hall–Kier alpha value is -2.37. The van der Waals surface area contributed by atoms with E-state index in [9.17, 15) is 19.5 Å². The lowest BCUT2D eigenvalue weighted by Gasteiger charge is -2.28. The number of nitrogens with one attached hydrogen (secondary N) is 1. The second-order valence-corrected chi connectivity index (χ2v) is 4.66. The fourth-order valence-electron chi connectivity index (χ4n) is 2.53. The standard InChI is InChI=1S/C13H12N2O4/c16-7-3-4-8-9(6-7)13(19)15(12(8)18)10-2-1-5-14-11(10)17/h3-4,6,10,16H,1-2,5H2,(H,14,17). The van der Waals surface area contributed by atoms with Crippen molar-refractivity contribution in [2.45, 2.75) is 18.9 Å². The number of piperidine rings is 1. The van der Waals surface area contributed by atoms with E-state index in [1.807, 2.05) is 0 Å². The molecule has 19 heavy (non-hydrogen) atoms. The van der Waals surface area contributed by atoms with Crippen LogP contribution in [0.1, 0.15) is 33.6 Å². The first-order valence-electron chi connectivity index (χ1n) is 6.08. The van der Waals surface area contributed by atoms with Crippen molar-refractivity contribution in [3.05, 3.63) is 29.3 Å². The van der Waals surface area contributed by atoms with E-state index in [1.54, 1.807) is 0 Å². The van der Waals surface area contributed by atoms with Gasteiger partial charge >= 0.3 is 0 Å². The largest absolute Gasteiger partial charge is 0.508 e. The van der Waals surface area contributed by atoms with E-state index in [0.717, 1.165) is 11.3 Å². The van der Waals surface area contributed by atoms with Gasteiger partial charge in [0.15, 0.2) is 0 Å². The molecule has 1 fully saturated rings. The normalized spacial score (nSPS) is 22.4. The van der Waals surface area contributed by atoms with Crippen molar-refractivity contribution in [3.8, 4) is 5.75 Å². The third-order valence-corrected chi connectivity index (χ3v) is 3.47. The van der Waals surface area contributed by atoms with Gasteiger partial charge in [0.05, 0.1) is 11.1 Å². The highest BCUT2D eigenvalue weighted by atomic mass is 16.3. The van der Waals surface area contributed by atoms with Gasteiger partial charge in [-0.25, -0.2) is 0 Å². The third-order valence-electron chi connectivity index (χ3n) is 3.47. The average molecular weight is 260 g/mol. The molecule has 2 aliphatic heterocycles. The lowest BCUT2D eigenvalue weighted by Crippen LogP contribution is -2.52. The van der Waals surface area contributed by atoms with Crippen LogP contribution in [0, 0.1) is 0 Å². The lowest BCUT2D eigenvalue weighted by atomic mass is 10.1. The summed E-state index contributed by atoms with van der Waals surface area (Å²) in [7, 11) is 0. The van der Waals surface area contributed by atoms with Gasteiger partial charge in [-0.1, -0.05) is 0 Å². The monoisotopic (exact) mass is 260 g/mol. The second-order valence-electron chi connectivity index (χ2n) is 4.66. The van der Waals surface area contributed by atoms with Crippen LogP contribution in [-0.4, -0.2) is 40.3 Å². The summed E-state index contributed by atoms with van der Waals surface area (Å²) in [6.45, 7) is 0.569. The molecule has 2 N–H and O–H groups in total. The SMILES string of the molecule is O=C1NCCCC1N1C(=O)c2ccc(O)cc2C1=O.